The minimum Gasteiger partial charge on any atom is -0.470 e. The molecule has 1 rings (SSSR count). The van der Waals surface area contributed by atoms with Gasteiger partial charge in [-0.25, -0.2) is 13.6 Å². The molecule has 0 aliphatic rings. The summed E-state index contributed by atoms with van der Waals surface area (Å²) >= 11 is 2.95. The molecule has 1 aromatic heterocycles. The van der Waals surface area contributed by atoms with E-state index in [0.29, 0.717) is 4.47 Å². The van der Waals surface area contributed by atoms with E-state index in [1.54, 1.807) is 0 Å². The monoisotopic (exact) mass is 225 g/mol. The maximum absolute atomic E-state index is 10.6. The minimum absolute atomic E-state index is 0.0347. The highest BCUT2D eigenvalue weighted by molar-refractivity contribution is 9.10. The Morgan fingerprint density at radius 2 is 2.10 bits per heavy atom. The molecule has 0 saturated carbocycles. The van der Waals surface area contributed by atoms with Crippen molar-refractivity contribution in [3.8, 4) is 0 Å². The van der Waals surface area contributed by atoms with E-state index in [2.05, 4.69) is 20.3 Å². The van der Waals surface area contributed by atoms with Crippen LogP contribution in [0.1, 0.15) is 0 Å². The number of nitrogens with two attached hydrogens (primary N) is 1. The molecule has 0 fully saturated rings. The Bertz CT molecular complexity index is 328. The van der Waals surface area contributed by atoms with E-state index in [0.717, 1.165) is 6.26 Å². The molecule has 56 valence electrons. The maximum atomic E-state index is 10.6. The van der Waals surface area contributed by atoms with Crippen molar-refractivity contribution in [1.82, 2.24) is 0 Å². The van der Waals surface area contributed by atoms with Crippen LogP contribution in [0.2, 0.25) is 0 Å². The smallest absolute Gasteiger partial charge is 0.242 e. The fourth-order valence-electron chi connectivity index (χ4n) is 0.473. The van der Waals surface area contributed by atoms with Gasteiger partial charge < -0.3 is 4.42 Å². The zero-order valence-corrected chi connectivity index (χ0v) is 7.15. The third kappa shape index (κ3) is 1.39. The fraction of sp³-hybridized carbons (Fsp3) is 0. The Balaban J connectivity index is 3.32. The third-order valence-electron chi connectivity index (χ3n) is 0.889. The lowest BCUT2D eigenvalue weighted by molar-refractivity contribution is 0.556. The second-order valence-corrected chi connectivity index (χ2v) is 4.01. The van der Waals surface area contributed by atoms with Gasteiger partial charge in [0.2, 0.25) is 10.0 Å². The average molecular weight is 226 g/mol. The molecule has 2 N–H and O–H groups in total. The SMILES string of the molecule is NS(=O)(=O)c1cocc1Br. The summed E-state index contributed by atoms with van der Waals surface area (Å²) in [6.45, 7) is 0. The Morgan fingerprint density at radius 1 is 1.50 bits per heavy atom. The van der Waals surface area contributed by atoms with Gasteiger partial charge in [0, 0.05) is 0 Å². The van der Waals surface area contributed by atoms with Crippen LogP contribution in [0.15, 0.2) is 26.3 Å². The van der Waals surface area contributed by atoms with Gasteiger partial charge in [-0.05, 0) is 15.9 Å². The predicted molar refractivity (Wildman–Crippen MR) is 37.8 cm³/mol. The molecular formula is C4H4BrNO3S. The van der Waals surface area contributed by atoms with Crippen molar-refractivity contribution < 1.29 is 12.8 Å². The molecule has 0 amide bonds. The van der Waals surface area contributed by atoms with Gasteiger partial charge in [-0.2, -0.15) is 0 Å². The first kappa shape index (κ1) is 7.77. The van der Waals surface area contributed by atoms with Gasteiger partial charge in [0.15, 0.2) is 0 Å². The normalized spacial score (nSPS) is 11.8. The largest absolute Gasteiger partial charge is 0.470 e. The number of halogens is 1. The zero-order chi connectivity index (χ0) is 7.78. The molecule has 1 aromatic rings. The van der Waals surface area contributed by atoms with Crippen LogP contribution in [0.3, 0.4) is 0 Å². The Morgan fingerprint density at radius 3 is 2.30 bits per heavy atom. The number of hydrogen-bond donors (Lipinski definition) is 1. The van der Waals surface area contributed by atoms with Crippen molar-refractivity contribution in [2.75, 3.05) is 0 Å². The first-order valence-electron chi connectivity index (χ1n) is 2.26. The van der Waals surface area contributed by atoms with Crippen molar-refractivity contribution in [2.24, 2.45) is 5.14 Å². The summed E-state index contributed by atoms with van der Waals surface area (Å²) in [5.74, 6) is 0. The molecule has 0 unspecified atom stereocenters. The fourth-order valence-corrected chi connectivity index (χ4v) is 1.86. The third-order valence-corrected chi connectivity index (χ3v) is 2.69. The lowest BCUT2D eigenvalue weighted by Gasteiger charge is -1.89. The van der Waals surface area contributed by atoms with Gasteiger partial charge in [0.25, 0.3) is 0 Å². The van der Waals surface area contributed by atoms with E-state index in [-0.39, 0.29) is 4.90 Å². The van der Waals surface area contributed by atoms with Crippen molar-refractivity contribution in [3.05, 3.63) is 17.0 Å². The molecule has 0 aliphatic heterocycles. The molecule has 1 heterocycles. The second-order valence-electron chi connectivity index (χ2n) is 1.63. The van der Waals surface area contributed by atoms with Gasteiger partial charge in [-0.3, -0.25) is 0 Å². The van der Waals surface area contributed by atoms with Crippen LogP contribution in [-0.4, -0.2) is 8.42 Å². The summed E-state index contributed by atoms with van der Waals surface area (Å²) in [7, 11) is -3.63. The van der Waals surface area contributed by atoms with Crippen molar-refractivity contribution in [1.29, 1.82) is 0 Å². The number of rotatable bonds is 1. The molecule has 0 spiro atoms. The van der Waals surface area contributed by atoms with Gasteiger partial charge in [-0.1, -0.05) is 0 Å². The lowest BCUT2D eigenvalue weighted by atomic mass is 10.7. The molecular weight excluding hydrogens is 222 g/mol. The highest BCUT2D eigenvalue weighted by atomic mass is 79.9. The van der Waals surface area contributed by atoms with E-state index in [9.17, 15) is 8.42 Å². The molecule has 10 heavy (non-hydrogen) atoms. The lowest BCUT2D eigenvalue weighted by Crippen LogP contribution is -2.11. The van der Waals surface area contributed by atoms with E-state index in [4.69, 9.17) is 5.14 Å². The molecule has 6 heteroatoms. The van der Waals surface area contributed by atoms with Crippen LogP contribution >= 0.6 is 15.9 Å². The minimum atomic E-state index is -3.63. The molecule has 4 nitrogen and oxygen atoms in total. The molecule has 0 aromatic carbocycles. The summed E-state index contributed by atoms with van der Waals surface area (Å²) < 4.78 is 26.1. The Kier molecular flexibility index (Phi) is 1.84. The van der Waals surface area contributed by atoms with Gasteiger partial charge >= 0.3 is 0 Å². The number of furan rings is 1. The molecule has 0 aliphatic carbocycles. The molecule has 0 radical (unpaired) electrons. The first-order valence-corrected chi connectivity index (χ1v) is 4.60. The predicted octanol–water partition coefficient (Wildman–Crippen LogP) is 0.690. The standard InChI is InChI=1S/C4H4BrNO3S/c5-3-1-9-2-4(3)10(6,7)8/h1-2H,(H2,6,7,8). The summed E-state index contributed by atoms with van der Waals surface area (Å²) in [5.41, 5.74) is 0. The topological polar surface area (TPSA) is 73.3 Å². The number of hydrogen-bond acceptors (Lipinski definition) is 3. The first-order chi connectivity index (χ1) is 4.52. The van der Waals surface area contributed by atoms with E-state index in [1.165, 1.54) is 6.26 Å². The quantitative estimate of drug-likeness (QED) is 0.765. The summed E-state index contributed by atoms with van der Waals surface area (Å²) in [5, 5.41) is 4.78. The number of sulfonamides is 1. The summed E-state index contributed by atoms with van der Waals surface area (Å²) in [4.78, 5) is -0.0347. The van der Waals surface area contributed by atoms with Crippen molar-refractivity contribution in [3.63, 3.8) is 0 Å². The zero-order valence-electron chi connectivity index (χ0n) is 4.74. The molecule has 0 bridgehead atoms. The average Bonchev–Trinajstić information content (AvgIpc) is 2.11. The maximum Gasteiger partial charge on any atom is 0.242 e. The van der Waals surface area contributed by atoms with Crippen LogP contribution in [0.4, 0.5) is 0 Å². The van der Waals surface area contributed by atoms with Crippen molar-refractivity contribution >= 4 is 26.0 Å². The second kappa shape index (κ2) is 2.37. The highest BCUT2D eigenvalue weighted by Crippen LogP contribution is 2.20. The van der Waals surface area contributed by atoms with Crippen LogP contribution in [0.5, 0.6) is 0 Å². The van der Waals surface area contributed by atoms with Crippen LogP contribution < -0.4 is 5.14 Å². The highest BCUT2D eigenvalue weighted by Gasteiger charge is 2.13. The van der Waals surface area contributed by atoms with E-state index >= 15 is 0 Å². The number of primary sulfonamides is 1. The van der Waals surface area contributed by atoms with Gasteiger partial charge in [0.1, 0.15) is 17.4 Å². The molecule has 0 saturated heterocycles. The Labute approximate surface area is 66.2 Å². The van der Waals surface area contributed by atoms with Crippen molar-refractivity contribution in [2.45, 2.75) is 4.90 Å². The van der Waals surface area contributed by atoms with E-state index < -0.39 is 10.0 Å². The summed E-state index contributed by atoms with van der Waals surface area (Å²) in [6.07, 6.45) is 2.32. The van der Waals surface area contributed by atoms with Crippen LogP contribution in [-0.2, 0) is 10.0 Å². The van der Waals surface area contributed by atoms with Crippen LogP contribution in [0, 0.1) is 0 Å². The Hall–Kier alpha value is -0.330. The van der Waals surface area contributed by atoms with E-state index in [1.807, 2.05) is 0 Å². The van der Waals surface area contributed by atoms with Gasteiger partial charge in [-0.15, -0.1) is 0 Å². The van der Waals surface area contributed by atoms with Gasteiger partial charge in [0.05, 0.1) is 4.47 Å². The molecule has 0 atom stereocenters. The summed E-state index contributed by atoms with van der Waals surface area (Å²) in [6, 6.07) is 0. The van der Waals surface area contributed by atoms with Crippen LogP contribution in [0.25, 0.3) is 0 Å².